The molecule has 1 unspecified atom stereocenters. The van der Waals surface area contributed by atoms with Crippen LogP contribution in [0.1, 0.15) is 39.2 Å². The predicted octanol–water partition coefficient (Wildman–Crippen LogP) is 4.08. The first kappa shape index (κ1) is 24.2. The van der Waals surface area contributed by atoms with E-state index in [1.165, 1.54) is 10.6 Å². The number of amides is 1. The van der Waals surface area contributed by atoms with E-state index >= 15 is 0 Å². The third-order valence-electron chi connectivity index (χ3n) is 5.68. The molecule has 3 rings (SSSR count). The van der Waals surface area contributed by atoms with Crippen LogP contribution in [0.2, 0.25) is 0 Å². The number of carbonyl (C=O) groups is 1. The molecule has 0 spiro atoms. The summed E-state index contributed by atoms with van der Waals surface area (Å²) in [5.74, 6) is 0.228. The predicted molar refractivity (Wildman–Crippen MR) is 127 cm³/mol. The quantitative estimate of drug-likeness (QED) is 0.527. The van der Waals surface area contributed by atoms with Crippen LogP contribution >= 0.6 is 0 Å². The summed E-state index contributed by atoms with van der Waals surface area (Å²) in [5, 5.41) is 3.24. The molecule has 1 aromatic heterocycles. The van der Waals surface area contributed by atoms with Gasteiger partial charge >= 0.3 is 5.69 Å². The van der Waals surface area contributed by atoms with Crippen LogP contribution in [0.25, 0.3) is 10.9 Å². The minimum atomic E-state index is -0.361. The fourth-order valence-electron chi connectivity index (χ4n) is 3.80. The van der Waals surface area contributed by atoms with Crippen molar-refractivity contribution in [3.8, 4) is 5.75 Å². The molecular weight excluding hydrogens is 425 g/mol. The van der Waals surface area contributed by atoms with E-state index in [1.807, 2.05) is 13.8 Å². The van der Waals surface area contributed by atoms with Gasteiger partial charge in [0.1, 0.15) is 11.6 Å². The Morgan fingerprint density at radius 1 is 1.09 bits per heavy atom. The van der Waals surface area contributed by atoms with E-state index in [2.05, 4.69) is 5.32 Å². The Balaban J connectivity index is 1.63. The number of hydrogen-bond donors (Lipinski definition) is 1. The maximum atomic E-state index is 13.3. The Kier molecular flexibility index (Phi) is 7.68. The van der Waals surface area contributed by atoms with Crippen LogP contribution in [0.3, 0.4) is 0 Å². The number of carbonyl (C=O) groups excluding carboxylic acids is 1. The monoisotopic (exact) mass is 455 g/mol. The van der Waals surface area contributed by atoms with Crippen LogP contribution in [0.4, 0.5) is 10.1 Å². The van der Waals surface area contributed by atoms with E-state index in [9.17, 15) is 18.8 Å². The fourth-order valence-corrected chi connectivity index (χ4v) is 3.80. The van der Waals surface area contributed by atoms with Crippen LogP contribution in [0.15, 0.2) is 46.0 Å². The molecule has 0 fully saturated rings. The Morgan fingerprint density at radius 3 is 2.48 bits per heavy atom. The first-order valence-electron chi connectivity index (χ1n) is 11.2. The lowest BCUT2D eigenvalue weighted by atomic mass is 10.0. The molecule has 3 aromatic rings. The third-order valence-corrected chi connectivity index (χ3v) is 5.68. The average Bonchev–Trinajstić information content (AvgIpc) is 2.77. The minimum Gasteiger partial charge on any atom is -0.494 e. The summed E-state index contributed by atoms with van der Waals surface area (Å²) in [6.45, 7) is 8.38. The Bertz CT molecular complexity index is 1280. The fraction of sp³-hybridized carbons (Fsp3) is 0.400. The molecule has 0 aliphatic carbocycles. The minimum absolute atomic E-state index is 0.0644. The number of nitrogens with one attached hydrogen (secondary N) is 1. The third kappa shape index (κ3) is 5.50. The topological polar surface area (TPSA) is 82.3 Å². The van der Waals surface area contributed by atoms with Gasteiger partial charge in [0.2, 0.25) is 5.91 Å². The van der Waals surface area contributed by atoms with Gasteiger partial charge in [-0.25, -0.2) is 9.18 Å². The molecule has 1 amide bonds. The molecular formula is C25H30FN3O4. The summed E-state index contributed by atoms with van der Waals surface area (Å²) in [6, 6.07) is 9.63. The van der Waals surface area contributed by atoms with Crippen molar-refractivity contribution in [1.29, 1.82) is 0 Å². The van der Waals surface area contributed by atoms with E-state index in [0.29, 0.717) is 47.5 Å². The Labute approximate surface area is 191 Å². The second-order valence-electron chi connectivity index (χ2n) is 8.21. The van der Waals surface area contributed by atoms with Crippen molar-refractivity contribution >= 4 is 22.5 Å². The number of aryl methyl sites for hydroxylation is 2. The number of ether oxygens (including phenoxy) is 1. The smallest absolute Gasteiger partial charge is 0.331 e. The molecule has 0 saturated heterocycles. The zero-order valence-corrected chi connectivity index (χ0v) is 19.5. The highest BCUT2D eigenvalue weighted by Gasteiger charge is 2.14. The van der Waals surface area contributed by atoms with Gasteiger partial charge in [0.25, 0.3) is 5.56 Å². The van der Waals surface area contributed by atoms with E-state index in [4.69, 9.17) is 4.74 Å². The van der Waals surface area contributed by atoms with Crippen LogP contribution in [-0.2, 0) is 17.9 Å². The van der Waals surface area contributed by atoms with Gasteiger partial charge in [-0.3, -0.25) is 18.7 Å². The van der Waals surface area contributed by atoms with Crippen LogP contribution < -0.4 is 21.3 Å². The van der Waals surface area contributed by atoms with E-state index in [-0.39, 0.29) is 41.9 Å². The number of hydrogen-bond acceptors (Lipinski definition) is 4. The molecule has 176 valence electrons. The highest BCUT2D eigenvalue weighted by Crippen LogP contribution is 2.19. The average molecular weight is 456 g/mol. The highest BCUT2D eigenvalue weighted by atomic mass is 19.1. The van der Waals surface area contributed by atoms with Crippen molar-refractivity contribution in [2.45, 2.75) is 53.6 Å². The van der Waals surface area contributed by atoms with Crippen LogP contribution in [0, 0.1) is 18.7 Å². The molecule has 1 atom stereocenters. The maximum absolute atomic E-state index is 13.3. The number of benzene rings is 2. The normalized spacial score (nSPS) is 12.0. The molecule has 33 heavy (non-hydrogen) atoms. The molecule has 0 aliphatic heterocycles. The molecule has 7 nitrogen and oxygen atoms in total. The number of rotatable bonds is 9. The summed E-state index contributed by atoms with van der Waals surface area (Å²) in [4.78, 5) is 37.8. The Hall–Kier alpha value is -3.42. The van der Waals surface area contributed by atoms with E-state index in [0.717, 1.165) is 0 Å². The van der Waals surface area contributed by atoms with Crippen LogP contribution in [-0.4, -0.2) is 21.6 Å². The largest absolute Gasteiger partial charge is 0.494 e. The van der Waals surface area contributed by atoms with E-state index < -0.39 is 0 Å². The van der Waals surface area contributed by atoms with E-state index in [1.54, 1.807) is 48.7 Å². The lowest BCUT2D eigenvalue weighted by Crippen LogP contribution is -2.39. The second kappa shape index (κ2) is 10.5. The van der Waals surface area contributed by atoms with Gasteiger partial charge in [-0.15, -0.1) is 0 Å². The SMILES string of the molecule is CCn1c(=O)c2cc(NC(=O)CC(C)CCOc3ccc(F)c(C)c3)ccc2n(CC)c1=O. The summed E-state index contributed by atoms with van der Waals surface area (Å²) in [5.41, 5.74) is 0.897. The summed E-state index contributed by atoms with van der Waals surface area (Å²) in [7, 11) is 0. The summed E-state index contributed by atoms with van der Waals surface area (Å²) < 4.78 is 21.8. The van der Waals surface area contributed by atoms with Gasteiger partial charge in [0.15, 0.2) is 0 Å². The number of anilines is 1. The van der Waals surface area contributed by atoms with Crippen molar-refractivity contribution in [2.75, 3.05) is 11.9 Å². The molecule has 0 saturated carbocycles. The zero-order chi connectivity index (χ0) is 24.1. The maximum Gasteiger partial charge on any atom is 0.331 e. The molecule has 0 aliphatic rings. The molecule has 2 aromatic carbocycles. The summed E-state index contributed by atoms with van der Waals surface area (Å²) in [6.07, 6.45) is 0.947. The van der Waals surface area contributed by atoms with Gasteiger partial charge in [-0.05, 0) is 75.1 Å². The molecule has 1 heterocycles. The second-order valence-corrected chi connectivity index (χ2v) is 8.21. The van der Waals surface area contributed by atoms with Crippen molar-refractivity contribution in [3.63, 3.8) is 0 Å². The van der Waals surface area contributed by atoms with Crippen molar-refractivity contribution in [2.24, 2.45) is 5.92 Å². The van der Waals surface area contributed by atoms with Gasteiger partial charge in [0.05, 0.1) is 17.5 Å². The molecule has 0 bridgehead atoms. The number of aromatic nitrogens is 2. The number of fused-ring (bicyclic) bond motifs is 1. The lowest BCUT2D eigenvalue weighted by molar-refractivity contribution is -0.117. The molecule has 8 heteroatoms. The van der Waals surface area contributed by atoms with Crippen molar-refractivity contribution < 1.29 is 13.9 Å². The van der Waals surface area contributed by atoms with Crippen LogP contribution in [0.5, 0.6) is 5.75 Å². The van der Waals surface area contributed by atoms with Crippen molar-refractivity contribution in [3.05, 3.63) is 68.6 Å². The summed E-state index contributed by atoms with van der Waals surface area (Å²) >= 11 is 0. The number of nitrogens with zero attached hydrogens (tertiary/aromatic N) is 2. The number of halogens is 1. The lowest BCUT2D eigenvalue weighted by Gasteiger charge is -2.14. The first-order valence-corrected chi connectivity index (χ1v) is 11.2. The van der Waals surface area contributed by atoms with Gasteiger partial charge in [-0.2, -0.15) is 0 Å². The standard InChI is InChI=1S/C25H30FN3O4/c1-5-28-22-10-7-18(15-20(22)24(31)29(6-2)25(28)32)27-23(30)13-16(3)11-12-33-19-8-9-21(26)17(4)14-19/h7-10,14-16H,5-6,11-13H2,1-4H3,(H,27,30). The molecule has 1 N–H and O–H groups in total. The van der Waals surface area contributed by atoms with Gasteiger partial charge < -0.3 is 10.1 Å². The Morgan fingerprint density at radius 2 is 1.82 bits per heavy atom. The zero-order valence-electron chi connectivity index (χ0n) is 19.5. The van der Waals surface area contributed by atoms with Gasteiger partial charge in [-0.1, -0.05) is 6.92 Å². The first-order chi connectivity index (χ1) is 15.7. The molecule has 0 radical (unpaired) electrons. The van der Waals surface area contributed by atoms with Crippen molar-refractivity contribution in [1.82, 2.24) is 9.13 Å². The van der Waals surface area contributed by atoms with Gasteiger partial charge in [0, 0.05) is 25.2 Å². The highest BCUT2D eigenvalue weighted by molar-refractivity contribution is 5.93.